The fraction of sp³-hybridized carbons (Fsp3) is 0.346. The summed E-state index contributed by atoms with van der Waals surface area (Å²) in [6.45, 7) is 1.65. The van der Waals surface area contributed by atoms with Gasteiger partial charge in [-0.15, -0.1) is 0 Å². The second kappa shape index (κ2) is 11.7. The van der Waals surface area contributed by atoms with Gasteiger partial charge in [0, 0.05) is 16.6 Å². The largest absolute Gasteiger partial charge is 0.479 e. The number of ether oxygens (including phenoxy) is 1. The number of nitrogens with zero attached hydrogens (tertiary/aromatic N) is 1. The first-order chi connectivity index (χ1) is 17.1. The van der Waals surface area contributed by atoms with E-state index in [1.54, 1.807) is 37.3 Å². The molecule has 0 saturated heterocycles. The van der Waals surface area contributed by atoms with E-state index in [0.29, 0.717) is 22.4 Å². The zero-order valence-electron chi connectivity index (χ0n) is 19.9. The molecule has 0 radical (unpaired) electrons. The van der Waals surface area contributed by atoms with Gasteiger partial charge in [-0.25, -0.2) is 4.98 Å². The van der Waals surface area contributed by atoms with Crippen LogP contribution in [0.2, 0.25) is 0 Å². The van der Waals surface area contributed by atoms with Crippen LogP contribution in [-0.4, -0.2) is 22.9 Å². The second-order valence-electron chi connectivity index (χ2n) is 8.56. The van der Waals surface area contributed by atoms with Gasteiger partial charge in [0.2, 0.25) is 5.91 Å². The van der Waals surface area contributed by atoms with E-state index in [1.165, 1.54) is 50.7 Å². The number of amides is 2. The quantitative estimate of drug-likeness (QED) is 0.395. The highest BCUT2D eigenvalue weighted by Crippen LogP contribution is 2.32. The van der Waals surface area contributed by atoms with E-state index in [9.17, 15) is 22.8 Å². The molecule has 2 aliphatic rings. The molecule has 5 N–H and O–H groups in total. The van der Waals surface area contributed by atoms with Gasteiger partial charge in [0.05, 0.1) is 11.2 Å². The van der Waals surface area contributed by atoms with E-state index in [0.717, 1.165) is 6.07 Å². The van der Waals surface area contributed by atoms with Crippen molar-refractivity contribution < 1.29 is 27.5 Å². The number of nitrogens with one attached hydrogen (secondary N) is 1. The Kier molecular flexibility index (Phi) is 8.73. The Morgan fingerprint density at radius 3 is 2.22 bits per heavy atom. The maximum Gasteiger partial charge on any atom is 0.433 e. The molecule has 5 rings (SSSR count). The average molecular weight is 503 g/mol. The summed E-state index contributed by atoms with van der Waals surface area (Å²) < 4.78 is 42.4. The van der Waals surface area contributed by atoms with Crippen molar-refractivity contribution in [2.75, 3.05) is 11.1 Å². The summed E-state index contributed by atoms with van der Waals surface area (Å²) in [4.78, 5) is 25.7. The average Bonchev–Trinajstić information content (AvgIpc) is 2.86. The van der Waals surface area contributed by atoms with Crippen LogP contribution in [-0.2, 0) is 11.0 Å². The molecule has 1 aromatic heterocycles. The normalized spacial score (nSPS) is 16.8. The minimum Gasteiger partial charge on any atom is -0.479 e. The van der Waals surface area contributed by atoms with Crippen molar-refractivity contribution in [1.29, 1.82) is 0 Å². The van der Waals surface area contributed by atoms with E-state index >= 15 is 0 Å². The molecule has 3 aromatic rings. The molecular weight excluding hydrogens is 473 g/mol. The lowest BCUT2D eigenvalue weighted by molar-refractivity contribution is -0.140. The summed E-state index contributed by atoms with van der Waals surface area (Å²) in [5, 5.41) is 3.17. The van der Waals surface area contributed by atoms with Gasteiger partial charge in [0.15, 0.2) is 6.10 Å². The van der Waals surface area contributed by atoms with Crippen LogP contribution < -0.4 is 21.5 Å². The number of halogens is 3. The van der Waals surface area contributed by atoms with Gasteiger partial charge in [-0.2, -0.15) is 13.2 Å². The Hall–Kier alpha value is -3.82. The Labute approximate surface area is 207 Å². The molecule has 2 aromatic carbocycles. The van der Waals surface area contributed by atoms with Crippen molar-refractivity contribution in [2.45, 2.75) is 57.7 Å². The van der Waals surface area contributed by atoms with Crippen LogP contribution in [0.1, 0.15) is 61.5 Å². The molecule has 2 heterocycles. The highest BCUT2D eigenvalue weighted by atomic mass is 19.4. The van der Waals surface area contributed by atoms with Gasteiger partial charge in [-0.3, -0.25) is 9.59 Å². The summed E-state index contributed by atoms with van der Waals surface area (Å²) in [7, 11) is 0. The minimum absolute atomic E-state index is 0.0907. The fourth-order valence-corrected chi connectivity index (χ4v) is 3.77. The summed E-state index contributed by atoms with van der Waals surface area (Å²) in [6, 6.07) is 12.0. The first kappa shape index (κ1) is 26.8. The van der Waals surface area contributed by atoms with Crippen molar-refractivity contribution >= 4 is 34.1 Å². The lowest BCUT2D eigenvalue weighted by atomic mass is 10.0. The van der Waals surface area contributed by atoms with Crippen molar-refractivity contribution in [3.05, 3.63) is 59.8 Å². The van der Waals surface area contributed by atoms with Gasteiger partial charge in [0.25, 0.3) is 5.91 Å². The molecule has 10 heteroatoms. The number of rotatable bonds is 1. The van der Waals surface area contributed by atoms with Crippen LogP contribution in [0.5, 0.6) is 5.75 Å². The predicted octanol–water partition coefficient (Wildman–Crippen LogP) is 5.68. The fourth-order valence-electron chi connectivity index (χ4n) is 3.77. The number of hydrogen-bond donors (Lipinski definition) is 3. The molecule has 1 fully saturated rings. The van der Waals surface area contributed by atoms with Gasteiger partial charge in [0.1, 0.15) is 11.4 Å². The summed E-state index contributed by atoms with van der Waals surface area (Å²) in [5.41, 5.74) is 10.8. The minimum atomic E-state index is -4.46. The van der Waals surface area contributed by atoms with Crippen LogP contribution in [0.4, 0.5) is 24.5 Å². The van der Waals surface area contributed by atoms with Crippen molar-refractivity contribution in [1.82, 2.24) is 4.98 Å². The summed E-state index contributed by atoms with van der Waals surface area (Å²) in [5.74, 6) is -0.220. The van der Waals surface area contributed by atoms with Gasteiger partial charge in [-0.1, -0.05) is 56.7 Å². The summed E-state index contributed by atoms with van der Waals surface area (Å²) in [6.07, 6.45) is 4.02. The molecule has 0 spiro atoms. The molecule has 0 bridgehead atoms. The number of carbonyl (C=O) groups excluding carboxylic acids is 2. The number of carbonyl (C=O) groups is 2. The number of nitrogens with two attached hydrogens (primary N) is 2. The Bertz CT molecular complexity index is 1220. The maximum absolute atomic E-state index is 12.4. The van der Waals surface area contributed by atoms with Crippen LogP contribution >= 0.6 is 0 Å². The van der Waals surface area contributed by atoms with Gasteiger partial charge >= 0.3 is 6.18 Å². The molecule has 7 nitrogen and oxygen atoms in total. The molecule has 1 atom stereocenters. The van der Waals surface area contributed by atoms with Crippen LogP contribution in [0.3, 0.4) is 0 Å². The van der Waals surface area contributed by atoms with Crippen LogP contribution in [0.15, 0.2) is 48.5 Å². The number of anilines is 2. The Morgan fingerprint density at radius 2 is 1.64 bits per heavy atom. The first-order valence-corrected chi connectivity index (χ1v) is 11.7. The molecule has 1 saturated carbocycles. The third-order valence-corrected chi connectivity index (χ3v) is 5.73. The molecule has 36 heavy (non-hydrogen) atoms. The van der Waals surface area contributed by atoms with Gasteiger partial charge in [-0.05, 0) is 37.3 Å². The number of fused-ring (bicyclic) bond motifs is 2. The van der Waals surface area contributed by atoms with E-state index < -0.39 is 23.9 Å². The smallest absolute Gasteiger partial charge is 0.433 e. The number of pyridine rings is 1. The number of primary amides is 1. The highest BCUT2D eigenvalue weighted by molar-refractivity contribution is 6.00. The topological polar surface area (TPSA) is 120 Å². The monoisotopic (exact) mass is 502 g/mol. The SMILES string of the molecule is C1CCCCC1.CC1Oc2ccc(C(N)=O)cc2NC1=O.Nc1cc(C(F)(F)F)nc2ccccc12. The summed E-state index contributed by atoms with van der Waals surface area (Å²) >= 11 is 0. The van der Waals surface area contributed by atoms with E-state index in [1.807, 2.05) is 0 Å². The molecule has 1 aliphatic carbocycles. The predicted molar refractivity (Wildman–Crippen MR) is 133 cm³/mol. The zero-order valence-corrected chi connectivity index (χ0v) is 19.9. The standard InChI is InChI=1S/C10H7F3N2.C10H10N2O3.C6H12/c11-10(12,13)9-5-7(14)6-3-1-2-4-8(6)15-9;1-5-10(14)12-7-4-6(9(11)13)2-3-8(7)15-5;1-2-4-6-5-3-1/h1-5H,(H2,14,15);2-5H,1H3,(H2,11,13)(H,12,14);1-6H2. The second-order valence-corrected chi connectivity index (χ2v) is 8.56. The lowest BCUT2D eigenvalue weighted by Gasteiger charge is -2.23. The molecule has 1 aliphatic heterocycles. The number of nitrogen functional groups attached to an aromatic ring is 1. The van der Waals surface area contributed by atoms with Crippen LogP contribution in [0, 0.1) is 0 Å². The van der Waals surface area contributed by atoms with Crippen molar-refractivity contribution in [3.63, 3.8) is 0 Å². The third-order valence-electron chi connectivity index (χ3n) is 5.73. The molecular formula is C26H29F3N4O3. The number of hydrogen-bond acceptors (Lipinski definition) is 5. The highest BCUT2D eigenvalue weighted by Gasteiger charge is 2.33. The Morgan fingerprint density at radius 1 is 1.03 bits per heavy atom. The third kappa shape index (κ3) is 7.10. The maximum atomic E-state index is 12.4. The number of benzene rings is 2. The van der Waals surface area contributed by atoms with Gasteiger partial charge < -0.3 is 21.5 Å². The van der Waals surface area contributed by atoms with E-state index in [2.05, 4.69) is 10.3 Å². The number of para-hydroxylation sites is 1. The number of alkyl halides is 3. The van der Waals surface area contributed by atoms with Crippen molar-refractivity contribution in [3.8, 4) is 5.75 Å². The molecule has 192 valence electrons. The van der Waals surface area contributed by atoms with E-state index in [4.69, 9.17) is 16.2 Å². The van der Waals surface area contributed by atoms with Crippen LogP contribution in [0.25, 0.3) is 10.9 Å². The zero-order chi connectivity index (χ0) is 26.3. The lowest BCUT2D eigenvalue weighted by Crippen LogP contribution is -2.34. The molecule has 2 amide bonds. The number of aromatic nitrogens is 1. The molecule has 1 unspecified atom stereocenters. The van der Waals surface area contributed by atoms with E-state index in [-0.39, 0.29) is 17.1 Å². The van der Waals surface area contributed by atoms with Crippen molar-refractivity contribution in [2.24, 2.45) is 5.73 Å². The Balaban J connectivity index is 0.000000164. The first-order valence-electron chi connectivity index (χ1n) is 11.7.